The highest BCUT2D eigenvalue weighted by Crippen LogP contribution is 2.37. The van der Waals surface area contributed by atoms with Gasteiger partial charge in [0.25, 0.3) is 0 Å². The van der Waals surface area contributed by atoms with Gasteiger partial charge in [0, 0.05) is 35.3 Å². The van der Waals surface area contributed by atoms with Crippen LogP contribution < -0.4 is 10.2 Å². The number of halogens is 6. The Hall–Kier alpha value is -3.54. The predicted molar refractivity (Wildman–Crippen MR) is 119 cm³/mol. The SMILES string of the molecule is FC(F)(F)c1ccc(COn2ccc3ncc(-c4cnn(C5CCNCC5)c4)cc32)c(C(F)(F)F)c1. The van der Waals surface area contributed by atoms with Crippen LogP contribution in [-0.2, 0) is 19.0 Å². The van der Waals surface area contributed by atoms with Crippen LogP contribution in [-0.4, -0.2) is 32.6 Å². The van der Waals surface area contributed by atoms with Crippen LogP contribution in [0.4, 0.5) is 26.3 Å². The average molecular weight is 509 g/mol. The van der Waals surface area contributed by atoms with Crippen molar-refractivity contribution < 1.29 is 31.2 Å². The fourth-order valence-electron chi connectivity index (χ4n) is 4.30. The number of piperidine rings is 1. The Bertz CT molecular complexity index is 1370. The molecule has 0 atom stereocenters. The molecule has 0 aliphatic carbocycles. The van der Waals surface area contributed by atoms with E-state index in [9.17, 15) is 26.3 Å². The topological polar surface area (TPSA) is 56.9 Å². The maximum Gasteiger partial charge on any atom is 0.416 e. The van der Waals surface area contributed by atoms with E-state index in [2.05, 4.69) is 15.4 Å². The zero-order valence-electron chi connectivity index (χ0n) is 18.8. The maximum atomic E-state index is 13.5. The molecule has 1 saturated heterocycles. The molecule has 0 spiro atoms. The van der Waals surface area contributed by atoms with Gasteiger partial charge in [0.2, 0.25) is 0 Å². The van der Waals surface area contributed by atoms with E-state index in [1.165, 1.54) is 10.9 Å². The molecule has 1 aliphatic rings. The summed E-state index contributed by atoms with van der Waals surface area (Å²) >= 11 is 0. The van der Waals surface area contributed by atoms with E-state index in [-0.39, 0.29) is 6.07 Å². The molecule has 0 radical (unpaired) electrons. The van der Waals surface area contributed by atoms with Crippen molar-refractivity contribution in [2.75, 3.05) is 13.1 Å². The summed E-state index contributed by atoms with van der Waals surface area (Å²) in [6, 6.07) is 5.22. The smallest absolute Gasteiger partial charge is 0.409 e. The highest BCUT2D eigenvalue weighted by molar-refractivity contribution is 5.80. The summed E-state index contributed by atoms with van der Waals surface area (Å²) in [5.41, 5.74) is -0.545. The number of nitrogens with zero attached hydrogens (tertiary/aromatic N) is 4. The Morgan fingerprint density at radius 1 is 0.944 bits per heavy atom. The Kier molecular flexibility index (Phi) is 6.15. The van der Waals surface area contributed by atoms with E-state index in [0.717, 1.165) is 43.1 Å². The lowest BCUT2D eigenvalue weighted by Crippen LogP contribution is -2.29. The molecule has 5 rings (SSSR count). The lowest BCUT2D eigenvalue weighted by molar-refractivity contribution is -0.143. The van der Waals surface area contributed by atoms with Crippen LogP contribution in [0.1, 0.15) is 35.6 Å². The van der Waals surface area contributed by atoms with Crippen LogP contribution in [0.3, 0.4) is 0 Å². The Balaban J connectivity index is 1.39. The van der Waals surface area contributed by atoms with Crippen LogP contribution in [0.2, 0.25) is 0 Å². The minimum atomic E-state index is -4.97. The second-order valence-electron chi connectivity index (χ2n) is 8.60. The monoisotopic (exact) mass is 509 g/mol. The molecule has 1 N–H and O–H groups in total. The van der Waals surface area contributed by atoms with Gasteiger partial charge in [0.15, 0.2) is 0 Å². The van der Waals surface area contributed by atoms with Gasteiger partial charge in [-0.2, -0.15) is 36.2 Å². The Morgan fingerprint density at radius 2 is 1.72 bits per heavy atom. The van der Waals surface area contributed by atoms with Gasteiger partial charge in [-0.15, -0.1) is 0 Å². The lowest BCUT2D eigenvalue weighted by Gasteiger charge is -2.22. The van der Waals surface area contributed by atoms with Crippen molar-refractivity contribution in [3.63, 3.8) is 0 Å². The molecule has 0 saturated carbocycles. The zero-order chi connectivity index (χ0) is 25.5. The molecule has 0 unspecified atom stereocenters. The third-order valence-corrected chi connectivity index (χ3v) is 6.22. The van der Waals surface area contributed by atoms with E-state index >= 15 is 0 Å². The molecular weight excluding hydrogens is 488 g/mol. The van der Waals surface area contributed by atoms with Gasteiger partial charge in [-0.3, -0.25) is 9.67 Å². The molecular formula is C24H21F6N5O. The Morgan fingerprint density at radius 3 is 2.44 bits per heavy atom. The van der Waals surface area contributed by atoms with E-state index in [0.29, 0.717) is 23.1 Å². The van der Waals surface area contributed by atoms with E-state index < -0.39 is 35.6 Å². The predicted octanol–water partition coefficient (Wildman–Crippen LogP) is 5.49. The first-order chi connectivity index (χ1) is 17.1. The Labute approximate surface area is 201 Å². The molecule has 12 heteroatoms. The van der Waals surface area contributed by atoms with Crippen molar-refractivity contribution in [3.8, 4) is 11.1 Å². The van der Waals surface area contributed by atoms with Gasteiger partial charge in [0.05, 0.1) is 28.9 Å². The maximum absolute atomic E-state index is 13.5. The molecule has 36 heavy (non-hydrogen) atoms. The molecule has 0 amide bonds. The van der Waals surface area contributed by atoms with Gasteiger partial charge >= 0.3 is 12.4 Å². The third-order valence-electron chi connectivity index (χ3n) is 6.22. The van der Waals surface area contributed by atoms with Crippen molar-refractivity contribution in [1.29, 1.82) is 0 Å². The molecule has 3 aromatic heterocycles. The van der Waals surface area contributed by atoms with E-state index in [4.69, 9.17) is 4.84 Å². The van der Waals surface area contributed by atoms with Crippen molar-refractivity contribution in [3.05, 3.63) is 71.8 Å². The molecule has 4 heterocycles. The number of alkyl halides is 6. The fourth-order valence-corrected chi connectivity index (χ4v) is 4.30. The molecule has 4 aromatic rings. The number of rotatable bonds is 5. The van der Waals surface area contributed by atoms with Crippen molar-refractivity contribution >= 4 is 11.0 Å². The number of hydrogen-bond acceptors (Lipinski definition) is 4. The zero-order valence-corrected chi connectivity index (χ0v) is 18.8. The standard InChI is InChI=1S/C24H21F6N5O/c25-23(26,27)18-2-1-15(20(10-18)24(28,29)30)14-36-35-8-5-21-22(35)9-16(11-32-21)17-12-33-34(13-17)19-3-6-31-7-4-19/h1-2,5,8-13,19,31H,3-4,6-7,14H2. The van der Waals surface area contributed by atoms with Crippen LogP contribution in [0.25, 0.3) is 22.2 Å². The minimum absolute atomic E-state index is 0.103. The summed E-state index contributed by atoms with van der Waals surface area (Å²) in [5, 5.41) is 7.79. The van der Waals surface area contributed by atoms with Gasteiger partial charge < -0.3 is 10.2 Å². The summed E-state index contributed by atoms with van der Waals surface area (Å²) in [4.78, 5) is 9.96. The minimum Gasteiger partial charge on any atom is -0.409 e. The molecule has 6 nitrogen and oxygen atoms in total. The van der Waals surface area contributed by atoms with Gasteiger partial charge in [-0.05, 0) is 50.2 Å². The van der Waals surface area contributed by atoms with Crippen molar-refractivity contribution in [2.24, 2.45) is 0 Å². The lowest BCUT2D eigenvalue weighted by atomic mass is 10.0. The second kappa shape index (κ2) is 9.16. The first-order valence-electron chi connectivity index (χ1n) is 11.2. The normalized spacial score (nSPS) is 15.5. The number of hydrogen-bond donors (Lipinski definition) is 1. The van der Waals surface area contributed by atoms with Gasteiger partial charge in [0.1, 0.15) is 12.1 Å². The summed E-state index contributed by atoms with van der Waals surface area (Å²) in [6.45, 7) is 1.26. The van der Waals surface area contributed by atoms with Gasteiger partial charge in [-0.1, -0.05) is 6.07 Å². The van der Waals surface area contributed by atoms with Crippen LogP contribution in [0, 0.1) is 0 Å². The van der Waals surface area contributed by atoms with E-state index in [1.54, 1.807) is 24.5 Å². The van der Waals surface area contributed by atoms with Crippen molar-refractivity contribution in [2.45, 2.75) is 37.8 Å². The van der Waals surface area contributed by atoms with E-state index in [1.807, 2.05) is 10.9 Å². The number of aromatic nitrogens is 4. The average Bonchev–Trinajstić information content (AvgIpc) is 3.49. The molecule has 1 aliphatic heterocycles. The summed E-state index contributed by atoms with van der Waals surface area (Å²) in [7, 11) is 0. The summed E-state index contributed by atoms with van der Waals surface area (Å²) < 4.78 is 82.4. The number of pyridine rings is 1. The van der Waals surface area contributed by atoms with Gasteiger partial charge in [-0.25, -0.2) is 0 Å². The van der Waals surface area contributed by atoms with Crippen LogP contribution in [0.5, 0.6) is 0 Å². The number of nitrogens with one attached hydrogen (secondary N) is 1. The van der Waals surface area contributed by atoms with Crippen LogP contribution >= 0.6 is 0 Å². The first kappa shape index (κ1) is 24.2. The fraction of sp³-hybridized carbons (Fsp3) is 0.333. The molecule has 1 aromatic carbocycles. The third kappa shape index (κ3) is 4.90. The second-order valence-corrected chi connectivity index (χ2v) is 8.60. The summed E-state index contributed by atoms with van der Waals surface area (Å²) in [6.07, 6.45) is -1.08. The number of fused-ring (bicyclic) bond motifs is 1. The van der Waals surface area contributed by atoms with Crippen molar-refractivity contribution in [1.82, 2.24) is 24.8 Å². The highest BCUT2D eigenvalue weighted by atomic mass is 19.4. The summed E-state index contributed by atoms with van der Waals surface area (Å²) in [5.74, 6) is 0. The molecule has 0 bridgehead atoms. The number of benzene rings is 1. The first-order valence-corrected chi connectivity index (χ1v) is 11.2. The quantitative estimate of drug-likeness (QED) is 0.362. The highest BCUT2D eigenvalue weighted by Gasteiger charge is 2.38. The largest absolute Gasteiger partial charge is 0.416 e. The molecule has 190 valence electrons. The van der Waals surface area contributed by atoms with Crippen LogP contribution in [0.15, 0.2) is 55.1 Å². The molecule has 1 fully saturated rings.